The molecule has 6 rings (SSSR count). The van der Waals surface area contributed by atoms with Crippen LogP contribution in [0.4, 0.5) is 0 Å². The number of rotatable bonds is 3. The van der Waals surface area contributed by atoms with Crippen LogP contribution < -0.4 is 5.73 Å². The first-order chi connectivity index (χ1) is 17.9. The summed E-state index contributed by atoms with van der Waals surface area (Å²) in [5, 5.41) is 0.711. The molecule has 2 saturated carbocycles. The topological polar surface area (TPSA) is 84.5 Å². The summed E-state index contributed by atoms with van der Waals surface area (Å²) in [6.07, 6.45) is 12.7. The molecule has 1 saturated heterocycles. The van der Waals surface area contributed by atoms with Crippen LogP contribution in [0, 0.1) is 5.41 Å². The van der Waals surface area contributed by atoms with E-state index in [1.807, 2.05) is 34.1 Å². The predicted octanol–water partition coefficient (Wildman–Crippen LogP) is 4.66. The lowest BCUT2D eigenvalue weighted by Gasteiger charge is -2.43. The van der Waals surface area contributed by atoms with Crippen LogP contribution in [0.1, 0.15) is 80.4 Å². The number of fused-ring (bicyclic) bond motifs is 1. The summed E-state index contributed by atoms with van der Waals surface area (Å²) in [4.78, 5) is 34.5. The van der Waals surface area contributed by atoms with Crippen molar-refractivity contribution in [3.05, 3.63) is 40.8 Å². The summed E-state index contributed by atoms with van der Waals surface area (Å²) in [6.45, 7) is 3.09. The van der Waals surface area contributed by atoms with Gasteiger partial charge in [0.05, 0.1) is 5.54 Å². The highest BCUT2D eigenvalue weighted by molar-refractivity contribution is 6.32. The van der Waals surface area contributed by atoms with E-state index in [9.17, 15) is 9.59 Å². The average Bonchev–Trinajstić information content (AvgIpc) is 3.06. The monoisotopic (exact) mass is 523 g/mol. The van der Waals surface area contributed by atoms with E-state index >= 15 is 0 Å². The highest BCUT2D eigenvalue weighted by Gasteiger charge is 2.43. The molecule has 0 radical (unpaired) electrons. The summed E-state index contributed by atoms with van der Waals surface area (Å²) >= 11 is 6.83. The van der Waals surface area contributed by atoms with Crippen molar-refractivity contribution in [3.8, 4) is 11.3 Å². The van der Waals surface area contributed by atoms with E-state index in [4.69, 9.17) is 22.3 Å². The smallest absolute Gasteiger partial charge is 0.253 e. The summed E-state index contributed by atoms with van der Waals surface area (Å²) in [7, 11) is 0. The first-order valence-electron chi connectivity index (χ1n) is 14.1. The first-order valence-corrected chi connectivity index (χ1v) is 14.5. The number of imidazole rings is 1. The van der Waals surface area contributed by atoms with Crippen molar-refractivity contribution in [1.29, 1.82) is 0 Å². The van der Waals surface area contributed by atoms with Crippen molar-refractivity contribution in [3.63, 3.8) is 0 Å². The predicted molar refractivity (Wildman–Crippen MR) is 144 cm³/mol. The molecule has 37 heavy (non-hydrogen) atoms. The van der Waals surface area contributed by atoms with Crippen molar-refractivity contribution in [2.45, 2.75) is 82.7 Å². The molecular weight excluding hydrogens is 486 g/mol. The fourth-order valence-corrected chi connectivity index (χ4v) is 7.19. The Morgan fingerprint density at radius 1 is 0.811 bits per heavy atom. The fraction of sp³-hybridized carbons (Fsp3) is 0.621. The summed E-state index contributed by atoms with van der Waals surface area (Å²) < 4.78 is 2.20. The molecule has 198 valence electrons. The molecule has 0 unspecified atom stereocenters. The number of hydrogen-bond acceptors (Lipinski definition) is 4. The second-order valence-electron chi connectivity index (χ2n) is 11.8. The minimum absolute atomic E-state index is 0.00436. The van der Waals surface area contributed by atoms with E-state index in [2.05, 4.69) is 4.57 Å². The van der Waals surface area contributed by atoms with Gasteiger partial charge in [-0.25, -0.2) is 4.98 Å². The Bertz CT molecular complexity index is 1170. The third-order valence-electron chi connectivity index (χ3n) is 9.48. The molecule has 4 aliphatic rings. The molecule has 0 bridgehead atoms. The van der Waals surface area contributed by atoms with Crippen LogP contribution in [0.15, 0.2) is 24.3 Å². The van der Waals surface area contributed by atoms with E-state index < -0.39 is 5.54 Å². The van der Waals surface area contributed by atoms with Gasteiger partial charge in [-0.05, 0) is 56.1 Å². The Hall–Kier alpha value is -2.38. The van der Waals surface area contributed by atoms with E-state index in [1.54, 1.807) is 0 Å². The number of halogens is 1. The summed E-state index contributed by atoms with van der Waals surface area (Å²) in [5.41, 5.74) is 8.36. The number of aromatic nitrogens is 2. The van der Waals surface area contributed by atoms with Crippen molar-refractivity contribution in [2.75, 3.05) is 26.2 Å². The normalized spacial score (nSPS) is 22.8. The number of hydrogen-bond donors (Lipinski definition) is 1. The van der Waals surface area contributed by atoms with Crippen LogP contribution in [0.25, 0.3) is 11.3 Å². The molecule has 0 atom stereocenters. The van der Waals surface area contributed by atoms with Gasteiger partial charge in [0, 0.05) is 50.3 Å². The molecule has 2 N–H and O–H groups in total. The van der Waals surface area contributed by atoms with Crippen LogP contribution in [-0.4, -0.2) is 62.9 Å². The fourth-order valence-electron chi connectivity index (χ4n) is 6.85. The van der Waals surface area contributed by atoms with Crippen LogP contribution in [-0.2, 0) is 17.8 Å². The summed E-state index contributed by atoms with van der Waals surface area (Å²) in [6, 6.07) is 7.67. The van der Waals surface area contributed by atoms with Gasteiger partial charge < -0.3 is 20.1 Å². The Kier molecular flexibility index (Phi) is 6.56. The maximum Gasteiger partial charge on any atom is 0.253 e. The quantitative estimate of drug-likeness (QED) is 0.634. The summed E-state index contributed by atoms with van der Waals surface area (Å²) in [5.74, 6) is 1.15. The van der Waals surface area contributed by atoms with Crippen molar-refractivity contribution in [1.82, 2.24) is 19.4 Å². The van der Waals surface area contributed by atoms with E-state index in [0.717, 1.165) is 49.3 Å². The van der Waals surface area contributed by atoms with Gasteiger partial charge in [-0.15, -0.1) is 0 Å². The third kappa shape index (κ3) is 4.59. The van der Waals surface area contributed by atoms with Gasteiger partial charge in [0.25, 0.3) is 5.91 Å². The van der Waals surface area contributed by atoms with Gasteiger partial charge in [0.15, 0.2) is 0 Å². The number of benzene rings is 1. The molecule has 2 aliphatic heterocycles. The maximum absolute atomic E-state index is 13.2. The molecule has 2 aromatic rings. The van der Waals surface area contributed by atoms with Crippen LogP contribution in [0.5, 0.6) is 0 Å². The van der Waals surface area contributed by atoms with Gasteiger partial charge in [-0.2, -0.15) is 0 Å². The zero-order chi connectivity index (χ0) is 25.6. The molecule has 8 heteroatoms. The molecule has 1 aromatic carbocycles. The zero-order valence-electron chi connectivity index (χ0n) is 21.7. The number of amides is 2. The molecule has 3 fully saturated rings. The standard InChI is InChI=1S/C29H38ClN5O2/c30-25-24(32-23-20-28(14-15-35(23)25)10-3-1-2-4-11-28)21-6-8-22(9-7-21)26(36)33-16-18-34(19-17-33)27(37)29(31)12-5-13-29/h6-9H,1-5,10-20,31H2. The van der Waals surface area contributed by atoms with Gasteiger partial charge in [0.1, 0.15) is 16.7 Å². The van der Waals surface area contributed by atoms with Gasteiger partial charge in [-0.3, -0.25) is 9.59 Å². The molecule has 2 amide bonds. The zero-order valence-corrected chi connectivity index (χ0v) is 22.4. The average molecular weight is 524 g/mol. The Balaban J connectivity index is 1.12. The minimum atomic E-state index is -0.675. The van der Waals surface area contributed by atoms with Crippen molar-refractivity contribution < 1.29 is 9.59 Å². The second-order valence-corrected chi connectivity index (χ2v) is 12.2. The lowest BCUT2D eigenvalue weighted by Crippen LogP contribution is -2.62. The van der Waals surface area contributed by atoms with Crippen LogP contribution in [0.3, 0.4) is 0 Å². The molecule has 3 heterocycles. The van der Waals surface area contributed by atoms with Crippen molar-refractivity contribution >= 4 is 23.4 Å². The van der Waals surface area contributed by atoms with Gasteiger partial charge in [-0.1, -0.05) is 49.4 Å². The second kappa shape index (κ2) is 9.73. The molecule has 2 aliphatic carbocycles. The van der Waals surface area contributed by atoms with Crippen molar-refractivity contribution in [2.24, 2.45) is 11.1 Å². The minimum Gasteiger partial charge on any atom is -0.338 e. The van der Waals surface area contributed by atoms with E-state index in [0.29, 0.717) is 42.3 Å². The Morgan fingerprint density at radius 2 is 1.46 bits per heavy atom. The number of nitrogens with zero attached hydrogens (tertiary/aromatic N) is 4. The maximum atomic E-state index is 13.2. The van der Waals surface area contributed by atoms with E-state index in [-0.39, 0.29) is 11.8 Å². The first kappa shape index (κ1) is 24.9. The number of piperazine rings is 1. The number of carbonyl (C=O) groups excluding carboxylic acids is 2. The highest BCUT2D eigenvalue weighted by Crippen LogP contribution is 2.45. The number of nitrogens with two attached hydrogens (primary N) is 1. The molecule has 7 nitrogen and oxygen atoms in total. The Morgan fingerprint density at radius 3 is 2.08 bits per heavy atom. The number of carbonyl (C=O) groups is 2. The lowest BCUT2D eigenvalue weighted by molar-refractivity contribution is -0.141. The molecule has 1 spiro atoms. The van der Waals surface area contributed by atoms with Crippen LogP contribution in [0.2, 0.25) is 5.15 Å². The van der Waals surface area contributed by atoms with Gasteiger partial charge >= 0.3 is 0 Å². The molecular formula is C29H38ClN5O2. The molecule has 1 aromatic heterocycles. The van der Waals surface area contributed by atoms with Crippen LogP contribution >= 0.6 is 11.6 Å². The van der Waals surface area contributed by atoms with E-state index in [1.165, 1.54) is 44.9 Å². The largest absolute Gasteiger partial charge is 0.338 e. The SMILES string of the molecule is NC1(C(=O)N2CCN(C(=O)c3ccc(-c4nc5n(c4Cl)CCC4(CCCCCC4)C5)cc3)CC2)CCC1. The Labute approximate surface area is 224 Å². The third-order valence-corrected chi connectivity index (χ3v) is 9.86. The van der Waals surface area contributed by atoms with Gasteiger partial charge in [0.2, 0.25) is 5.91 Å². The highest BCUT2D eigenvalue weighted by atomic mass is 35.5. The lowest BCUT2D eigenvalue weighted by atomic mass is 9.73.